The molecule has 2 aromatic heterocycles. The van der Waals surface area contributed by atoms with Gasteiger partial charge in [-0.15, -0.1) is 0 Å². The molecular formula is C42H36N4O10S2. The predicted molar refractivity (Wildman–Crippen MR) is 214 cm³/mol. The third-order valence-corrected chi connectivity index (χ3v) is 10.4. The van der Waals surface area contributed by atoms with Gasteiger partial charge in [-0.25, -0.2) is 26.8 Å². The van der Waals surface area contributed by atoms with E-state index in [1.54, 1.807) is 0 Å². The Morgan fingerprint density at radius 1 is 0.448 bits per heavy atom. The second kappa shape index (κ2) is 17.6. The highest BCUT2D eigenvalue weighted by Crippen LogP contribution is 2.32. The number of hydrogen-bond acceptors (Lipinski definition) is 14. The van der Waals surface area contributed by atoms with Crippen molar-refractivity contribution < 1.29 is 45.5 Å². The standard InChI is InChI=1S/2C21H18N2O5S/c2*1-29(24,25)21-12-11-18(14-22-21)27-20-13-19(28-23-20)15-7-9-17(10-8-15)26-16-5-3-2-4-6-16/h2*2-12,14,19H,13H2,1H3/t2*19-/m10/s1. The minimum Gasteiger partial charge on any atom is -0.457 e. The van der Waals surface area contributed by atoms with Crippen LogP contribution in [0.15, 0.2) is 166 Å². The van der Waals surface area contributed by atoms with Crippen molar-refractivity contribution >= 4 is 31.5 Å². The fourth-order valence-corrected chi connectivity index (χ4v) is 6.62. The topological polar surface area (TPSA) is 174 Å². The van der Waals surface area contributed by atoms with Gasteiger partial charge in [-0.3, -0.25) is 0 Å². The molecule has 0 bridgehead atoms. The van der Waals surface area contributed by atoms with Crippen molar-refractivity contribution in [3.05, 3.63) is 157 Å². The van der Waals surface area contributed by atoms with E-state index in [0.717, 1.165) is 46.6 Å². The van der Waals surface area contributed by atoms with Gasteiger partial charge in [-0.05, 0) is 83.9 Å². The zero-order valence-corrected chi connectivity index (χ0v) is 32.7. The summed E-state index contributed by atoms with van der Waals surface area (Å²) < 4.78 is 68.7. The number of aromatic nitrogens is 2. The van der Waals surface area contributed by atoms with Crippen molar-refractivity contribution in [2.24, 2.45) is 10.3 Å². The van der Waals surface area contributed by atoms with Gasteiger partial charge in [0.1, 0.15) is 34.5 Å². The van der Waals surface area contributed by atoms with E-state index in [9.17, 15) is 16.8 Å². The minimum absolute atomic E-state index is 0.00912. The molecule has 0 spiro atoms. The molecule has 0 radical (unpaired) electrons. The van der Waals surface area contributed by atoms with E-state index in [1.807, 2.05) is 109 Å². The fraction of sp³-hybridized carbons (Fsp3) is 0.143. The molecule has 0 fully saturated rings. The first kappa shape index (κ1) is 39.5. The second-order valence-corrected chi connectivity index (χ2v) is 16.9. The molecular weight excluding hydrogens is 785 g/mol. The Hall–Kier alpha value is -6.78. The van der Waals surface area contributed by atoms with Crippen molar-refractivity contribution in [3.8, 4) is 34.5 Å². The molecule has 2 aliphatic rings. The van der Waals surface area contributed by atoms with Crippen LogP contribution in [0.3, 0.4) is 0 Å². The monoisotopic (exact) mass is 820 g/mol. The van der Waals surface area contributed by atoms with Gasteiger partial charge < -0.3 is 28.6 Å². The molecule has 4 aromatic carbocycles. The third kappa shape index (κ3) is 10.7. The minimum atomic E-state index is -3.35. The van der Waals surface area contributed by atoms with Gasteiger partial charge in [0.05, 0.1) is 25.2 Å². The van der Waals surface area contributed by atoms with Crippen LogP contribution in [0, 0.1) is 0 Å². The summed E-state index contributed by atoms with van der Waals surface area (Å²) in [6, 6.07) is 40.1. The van der Waals surface area contributed by atoms with Crippen LogP contribution in [0.2, 0.25) is 0 Å². The Balaban J connectivity index is 0.000000177. The van der Waals surface area contributed by atoms with E-state index in [0.29, 0.717) is 36.1 Å². The number of ether oxygens (including phenoxy) is 4. The highest BCUT2D eigenvalue weighted by Gasteiger charge is 2.26. The normalized spacial score (nSPS) is 16.0. The fourth-order valence-electron chi connectivity index (χ4n) is 5.50. The summed E-state index contributed by atoms with van der Waals surface area (Å²) >= 11 is 0. The lowest BCUT2D eigenvalue weighted by Crippen LogP contribution is -2.08. The summed E-state index contributed by atoms with van der Waals surface area (Å²) in [5.74, 6) is 4.58. The van der Waals surface area contributed by atoms with Gasteiger partial charge in [0.15, 0.2) is 41.9 Å². The summed E-state index contributed by atoms with van der Waals surface area (Å²) in [5, 5.41) is 7.92. The lowest BCUT2D eigenvalue weighted by Gasteiger charge is -2.10. The largest absolute Gasteiger partial charge is 0.457 e. The molecule has 58 heavy (non-hydrogen) atoms. The van der Waals surface area contributed by atoms with E-state index < -0.39 is 19.7 Å². The highest BCUT2D eigenvalue weighted by molar-refractivity contribution is 7.90. The van der Waals surface area contributed by atoms with Crippen LogP contribution in [0.25, 0.3) is 0 Å². The molecule has 2 atom stereocenters. The number of rotatable bonds is 10. The first-order valence-corrected chi connectivity index (χ1v) is 21.5. The molecule has 0 saturated heterocycles. The first-order chi connectivity index (χ1) is 27.9. The van der Waals surface area contributed by atoms with Crippen molar-refractivity contribution in [1.82, 2.24) is 9.97 Å². The first-order valence-electron chi connectivity index (χ1n) is 17.7. The summed E-state index contributed by atoms with van der Waals surface area (Å²) in [5.41, 5.74) is 1.89. The van der Waals surface area contributed by atoms with Crippen LogP contribution in [0.5, 0.6) is 34.5 Å². The number of para-hydroxylation sites is 2. The zero-order valence-electron chi connectivity index (χ0n) is 31.1. The van der Waals surface area contributed by atoms with Crippen LogP contribution in [0.1, 0.15) is 36.2 Å². The number of sulfone groups is 2. The Morgan fingerprint density at radius 2 is 0.793 bits per heavy atom. The van der Waals surface area contributed by atoms with Gasteiger partial charge in [-0.1, -0.05) is 71.0 Å². The highest BCUT2D eigenvalue weighted by atomic mass is 32.2. The molecule has 0 unspecified atom stereocenters. The Labute approximate surface area is 335 Å². The van der Waals surface area contributed by atoms with Gasteiger partial charge >= 0.3 is 0 Å². The lowest BCUT2D eigenvalue weighted by atomic mass is 10.1. The van der Waals surface area contributed by atoms with E-state index in [-0.39, 0.29) is 22.3 Å². The predicted octanol–water partition coefficient (Wildman–Crippen LogP) is 8.26. The van der Waals surface area contributed by atoms with Crippen LogP contribution >= 0.6 is 0 Å². The maximum Gasteiger partial charge on any atom is 0.235 e. The molecule has 0 saturated carbocycles. The molecule has 2 aliphatic heterocycles. The van der Waals surface area contributed by atoms with Crippen LogP contribution in [-0.2, 0) is 29.3 Å². The molecule has 16 heteroatoms. The maximum absolute atomic E-state index is 11.5. The average Bonchev–Trinajstić information content (AvgIpc) is 3.89. The quantitative estimate of drug-likeness (QED) is 0.130. The molecule has 0 N–H and O–H groups in total. The van der Waals surface area contributed by atoms with Gasteiger partial charge in [0.2, 0.25) is 11.8 Å². The number of nitrogens with zero attached hydrogens (tertiary/aromatic N) is 4. The van der Waals surface area contributed by atoms with Gasteiger partial charge in [0, 0.05) is 12.5 Å². The number of pyridine rings is 2. The number of hydrogen-bond donors (Lipinski definition) is 0. The van der Waals surface area contributed by atoms with Crippen molar-refractivity contribution in [2.45, 2.75) is 35.1 Å². The molecule has 296 valence electrons. The van der Waals surface area contributed by atoms with Crippen molar-refractivity contribution in [1.29, 1.82) is 0 Å². The molecule has 14 nitrogen and oxygen atoms in total. The Bertz CT molecular complexity index is 2410. The Kier molecular flexibility index (Phi) is 12.0. The van der Waals surface area contributed by atoms with Crippen LogP contribution in [0.4, 0.5) is 0 Å². The van der Waals surface area contributed by atoms with Crippen molar-refractivity contribution in [3.63, 3.8) is 0 Å². The molecule has 0 aliphatic carbocycles. The summed E-state index contributed by atoms with van der Waals surface area (Å²) in [6.07, 6.45) is 5.28. The Morgan fingerprint density at radius 3 is 1.12 bits per heavy atom. The zero-order chi connectivity index (χ0) is 40.5. The molecule has 0 amide bonds. The lowest BCUT2D eigenvalue weighted by molar-refractivity contribution is 0.0854. The number of oxime groups is 2. The van der Waals surface area contributed by atoms with Gasteiger partial charge in [-0.2, -0.15) is 0 Å². The van der Waals surface area contributed by atoms with Gasteiger partial charge in [0.25, 0.3) is 0 Å². The molecule has 8 rings (SSSR count). The summed E-state index contributed by atoms with van der Waals surface area (Å²) in [7, 11) is -6.69. The SMILES string of the molecule is CS(=O)(=O)c1ccc(OC2=NO[C@@H](c3ccc(Oc4ccccc4)cc3)C2)cn1.CS(=O)(=O)c1ccc(OC2=NO[C@H](c3ccc(Oc4ccccc4)cc3)C2)cn1. The maximum atomic E-state index is 11.5. The average molecular weight is 821 g/mol. The van der Waals surface area contributed by atoms with E-state index in [2.05, 4.69) is 20.3 Å². The smallest absolute Gasteiger partial charge is 0.235 e. The van der Waals surface area contributed by atoms with Crippen molar-refractivity contribution in [2.75, 3.05) is 12.5 Å². The molecule has 4 heterocycles. The second-order valence-electron chi connectivity index (χ2n) is 12.9. The van der Waals surface area contributed by atoms with E-state index in [4.69, 9.17) is 28.6 Å². The summed E-state index contributed by atoms with van der Waals surface area (Å²) in [6.45, 7) is 0. The van der Waals surface area contributed by atoms with Crippen LogP contribution < -0.4 is 18.9 Å². The molecule has 6 aromatic rings. The van der Waals surface area contributed by atoms with E-state index >= 15 is 0 Å². The van der Waals surface area contributed by atoms with E-state index in [1.165, 1.54) is 36.7 Å². The van der Waals surface area contributed by atoms with Crippen LogP contribution in [-0.4, -0.2) is 51.1 Å². The summed E-state index contributed by atoms with van der Waals surface area (Å²) in [4.78, 5) is 18.7. The third-order valence-electron chi connectivity index (χ3n) is 8.39. The number of benzene rings is 4.